The van der Waals surface area contributed by atoms with E-state index in [4.69, 9.17) is 4.84 Å². The first-order chi connectivity index (χ1) is 11.1. The monoisotopic (exact) mass is 342 g/mol. The Bertz CT molecular complexity index is 591. The Labute approximate surface area is 139 Å². The van der Waals surface area contributed by atoms with Gasteiger partial charge in [-0.05, 0) is 11.0 Å². The molecule has 1 aromatic rings. The number of oxime groups is 1. The number of hydrogen-bond acceptors (Lipinski definition) is 3. The summed E-state index contributed by atoms with van der Waals surface area (Å²) >= 11 is 0. The number of rotatable bonds is 4. The molecule has 4 nitrogen and oxygen atoms in total. The standard InChI is InChI=1S/C17H21F3N2O2/c1-16(2,3)10-22(11-17(18,19)20)15(23)14-9-13(21-24-14)12-7-5-4-6-8-12/h4-8,14H,9-11H2,1-3H3. The predicted octanol–water partition coefficient (Wildman–Crippen LogP) is 3.62. The predicted molar refractivity (Wildman–Crippen MR) is 84.6 cm³/mol. The Morgan fingerprint density at radius 2 is 1.83 bits per heavy atom. The molecule has 0 saturated carbocycles. The number of carbonyl (C=O) groups excluding carboxylic acids is 1. The van der Waals surface area contributed by atoms with Crippen molar-refractivity contribution in [1.82, 2.24) is 4.90 Å². The summed E-state index contributed by atoms with van der Waals surface area (Å²) in [4.78, 5) is 18.4. The van der Waals surface area contributed by atoms with Crippen molar-refractivity contribution < 1.29 is 22.8 Å². The van der Waals surface area contributed by atoms with E-state index in [1.807, 2.05) is 30.3 Å². The van der Waals surface area contributed by atoms with E-state index in [1.54, 1.807) is 20.8 Å². The zero-order valence-electron chi connectivity index (χ0n) is 13.9. The van der Waals surface area contributed by atoms with Crippen LogP contribution in [-0.2, 0) is 9.63 Å². The van der Waals surface area contributed by atoms with Gasteiger partial charge in [0.25, 0.3) is 5.91 Å². The quantitative estimate of drug-likeness (QED) is 0.839. The lowest BCUT2D eigenvalue weighted by Gasteiger charge is -2.31. The minimum atomic E-state index is -4.46. The van der Waals surface area contributed by atoms with Crippen molar-refractivity contribution in [3.8, 4) is 0 Å². The molecule has 1 atom stereocenters. The van der Waals surface area contributed by atoms with E-state index in [9.17, 15) is 18.0 Å². The van der Waals surface area contributed by atoms with Gasteiger partial charge in [0, 0.05) is 13.0 Å². The summed E-state index contributed by atoms with van der Waals surface area (Å²) in [6.07, 6.45) is -5.30. The summed E-state index contributed by atoms with van der Waals surface area (Å²) in [5, 5.41) is 3.87. The molecule has 1 aliphatic rings. The van der Waals surface area contributed by atoms with Gasteiger partial charge >= 0.3 is 6.18 Å². The molecule has 132 valence electrons. The van der Waals surface area contributed by atoms with E-state index in [-0.39, 0.29) is 13.0 Å². The third-order valence-electron chi connectivity index (χ3n) is 3.40. The van der Waals surface area contributed by atoms with Crippen LogP contribution in [0, 0.1) is 5.41 Å². The highest BCUT2D eigenvalue weighted by Crippen LogP contribution is 2.25. The average Bonchev–Trinajstić information content (AvgIpc) is 2.93. The van der Waals surface area contributed by atoms with Crippen LogP contribution in [0.4, 0.5) is 13.2 Å². The van der Waals surface area contributed by atoms with Crippen molar-refractivity contribution in [1.29, 1.82) is 0 Å². The van der Waals surface area contributed by atoms with Gasteiger partial charge in [0.15, 0.2) is 0 Å². The van der Waals surface area contributed by atoms with Gasteiger partial charge in [-0.1, -0.05) is 56.3 Å². The summed E-state index contributed by atoms with van der Waals surface area (Å²) in [5.41, 5.74) is 0.908. The minimum absolute atomic E-state index is 0.00806. The highest BCUT2D eigenvalue weighted by molar-refractivity contribution is 6.04. The number of alkyl halides is 3. The molecule has 0 radical (unpaired) electrons. The van der Waals surface area contributed by atoms with E-state index in [2.05, 4.69) is 5.16 Å². The van der Waals surface area contributed by atoms with Crippen LogP contribution >= 0.6 is 0 Å². The number of amides is 1. The molecular formula is C17H21F3N2O2. The summed E-state index contributed by atoms with van der Waals surface area (Å²) in [5.74, 6) is -0.683. The molecule has 1 aliphatic heterocycles. The molecule has 1 heterocycles. The SMILES string of the molecule is CC(C)(C)CN(CC(F)(F)F)C(=O)C1CC(c2ccccc2)=NO1. The Balaban J connectivity index is 2.08. The second-order valence-electron chi connectivity index (χ2n) is 7.07. The van der Waals surface area contributed by atoms with Gasteiger partial charge in [-0.25, -0.2) is 0 Å². The number of nitrogens with zero attached hydrogens (tertiary/aromatic N) is 2. The van der Waals surface area contributed by atoms with Crippen molar-refractivity contribution in [2.45, 2.75) is 39.5 Å². The molecule has 0 aromatic heterocycles. The summed E-state index contributed by atoms with van der Waals surface area (Å²) in [6, 6.07) is 9.12. The van der Waals surface area contributed by atoms with Gasteiger partial charge in [0.2, 0.25) is 6.10 Å². The van der Waals surface area contributed by atoms with E-state index >= 15 is 0 Å². The molecule has 0 saturated heterocycles. The fourth-order valence-electron chi connectivity index (χ4n) is 2.52. The van der Waals surface area contributed by atoms with E-state index in [1.165, 1.54) is 0 Å². The van der Waals surface area contributed by atoms with Crippen LogP contribution in [0.3, 0.4) is 0 Å². The van der Waals surface area contributed by atoms with Crippen LogP contribution in [0.15, 0.2) is 35.5 Å². The fourth-order valence-corrected chi connectivity index (χ4v) is 2.52. The summed E-state index contributed by atoms with van der Waals surface area (Å²) in [6.45, 7) is 4.05. The first-order valence-corrected chi connectivity index (χ1v) is 7.69. The molecule has 0 fully saturated rings. The largest absolute Gasteiger partial charge is 0.406 e. The van der Waals surface area contributed by atoms with Gasteiger partial charge in [-0.2, -0.15) is 13.2 Å². The molecule has 7 heteroatoms. The molecule has 1 aromatic carbocycles. The van der Waals surface area contributed by atoms with E-state index in [0.29, 0.717) is 5.71 Å². The lowest BCUT2D eigenvalue weighted by Crippen LogP contribution is -2.47. The zero-order chi connectivity index (χ0) is 18.0. The zero-order valence-corrected chi connectivity index (χ0v) is 13.9. The van der Waals surface area contributed by atoms with Gasteiger partial charge < -0.3 is 9.74 Å². The minimum Gasteiger partial charge on any atom is -0.382 e. The number of benzene rings is 1. The first kappa shape index (κ1) is 18.3. The van der Waals surface area contributed by atoms with Crippen molar-refractivity contribution in [2.75, 3.05) is 13.1 Å². The van der Waals surface area contributed by atoms with Crippen LogP contribution in [0.5, 0.6) is 0 Å². The van der Waals surface area contributed by atoms with E-state index < -0.39 is 30.1 Å². The van der Waals surface area contributed by atoms with Crippen molar-refractivity contribution in [3.63, 3.8) is 0 Å². The maximum absolute atomic E-state index is 12.8. The molecule has 1 unspecified atom stereocenters. The normalized spacial score (nSPS) is 18.1. The molecule has 1 amide bonds. The lowest BCUT2D eigenvalue weighted by molar-refractivity contribution is -0.169. The lowest BCUT2D eigenvalue weighted by atomic mass is 9.95. The molecule has 24 heavy (non-hydrogen) atoms. The molecule has 0 bridgehead atoms. The van der Waals surface area contributed by atoms with Gasteiger partial charge in [0.1, 0.15) is 6.54 Å². The Hall–Kier alpha value is -2.05. The second-order valence-corrected chi connectivity index (χ2v) is 7.07. The highest BCUT2D eigenvalue weighted by atomic mass is 19.4. The van der Waals surface area contributed by atoms with E-state index in [0.717, 1.165) is 10.5 Å². The number of hydrogen-bond donors (Lipinski definition) is 0. The number of halogens is 3. The average molecular weight is 342 g/mol. The van der Waals surface area contributed by atoms with Crippen LogP contribution in [0.1, 0.15) is 32.8 Å². The summed E-state index contributed by atoms with van der Waals surface area (Å²) < 4.78 is 38.4. The summed E-state index contributed by atoms with van der Waals surface area (Å²) in [7, 11) is 0. The number of carbonyl (C=O) groups is 1. The maximum atomic E-state index is 12.8. The van der Waals surface area contributed by atoms with Crippen LogP contribution in [0.2, 0.25) is 0 Å². The smallest absolute Gasteiger partial charge is 0.382 e. The second kappa shape index (κ2) is 6.83. The van der Waals surface area contributed by atoms with Crippen LogP contribution < -0.4 is 0 Å². The molecular weight excluding hydrogens is 321 g/mol. The van der Waals surface area contributed by atoms with Gasteiger partial charge in [-0.15, -0.1) is 0 Å². The fraction of sp³-hybridized carbons (Fsp3) is 0.529. The Morgan fingerprint density at radius 3 is 2.38 bits per heavy atom. The van der Waals surface area contributed by atoms with Gasteiger partial charge in [0.05, 0.1) is 5.71 Å². The first-order valence-electron chi connectivity index (χ1n) is 7.69. The molecule has 0 N–H and O–H groups in total. The third-order valence-corrected chi connectivity index (χ3v) is 3.40. The maximum Gasteiger partial charge on any atom is 0.406 e. The highest BCUT2D eigenvalue weighted by Gasteiger charge is 2.39. The Morgan fingerprint density at radius 1 is 1.21 bits per heavy atom. The Kier molecular flexibility index (Phi) is 5.20. The molecule has 0 spiro atoms. The van der Waals surface area contributed by atoms with Crippen molar-refractivity contribution >= 4 is 11.6 Å². The van der Waals surface area contributed by atoms with Crippen molar-refractivity contribution in [3.05, 3.63) is 35.9 Å². The third kappa shape index (κ3) is 5.25. The molecule has 2 rings (SSSR count). The molecule has 0 aliphatic carbocycles. The van der Waals surface area contributed by atoms with Crippen LogP contribution in [-0.4, -0.2) is 41.9 Å². The van der Waals surface area contributed by atoms with Crippen molar-refractivity contribution in [2.24, 2.45) is 10.6 Å². The van der Waals surface area contributed by atoms with Gasteiger partial charge in [-0.3, -0.25) is 4.79 Å². The topological polar surface area (TPSA) is 41.9 Å². The van der Waals surface area contributed by atoms with Crippen LogP contribution in [0.25, 0.3) is 0 Å².